The summed E-state index contributed by atoms with van der Waals surface area (Å²) in [7, 11) is 1.75. The highest BCUT2D eigenvalue weighted by Crippen LogP contribution is 2.15. The van der Waals surface area contributed by atoms with Crippen LogP contribution in [0.2, 0.25) is 0 Å². The lowest BCUT2D eigenvalue weighted by Gasteiger charge is -2.21. The molecular weight excluding hydrogens is 124 g/mol. The summed E-state index contributed by atoms with van der Waals surface area (Å²) in [6.45, 7) is 6.35. The van der Waals surface area contributed by atoms with Crippen molar-refractivity contribution in [2.24, 2.45) is 0 Å². The zero-order valence-electron chi connectivity index (χ0n) is 7.48. The third kappa shape index (κ3) is 3.02. The van der Waals surface area contributed by atoms with Gasteiger partial charge < -0.3 is 4.74 Å². The van der Waals surface area contributed by atoms with Crippen molar-refractivity contribution in [2.45, 2.75) is 39.2 Å². The molecule has 1 atom stereocenters. The van der Waals surface area contributed by atoms with E-state index in [-0.39, 0.29) is 5.60 Å². The highest BCUT2D eigenvalue weighted by Gasteiger charge is 2.15. The molecule has 0 aliphatic heterocycles. The molecule has 0 fully saturated rings. The van der Waals surface area contributed by atoms with E-state index in [2.05, 4.69) is 32.9 Å². The quantitative estimate of drug-likeness (QED) is 0.548. The van der Waals surface area contributed by atoms with Crippen LogP contribution in [0.1, 0.15) is 33.6 Å². The summed E-state index contributed by atoms with van der Waals surface area (Å²) in [5.41, 5.74) is -0.0456. The van der Waals surface area contributed by atoms with Crippen LogP contribution in [0, 0.1) is 0 Å². The minimum absolute atomic E-state index is 0.0456. The van der Waals surface area contributed by atoms with Crippen molar-refractivity contribution in [3.8, 4) is 0 Å². The van der Waals surface area contributed by atoms with E-state index in [4.69, 9.17) is 4.74 Å². The lowest BCUT2D eigenvalue weighted by Crippen LogP contribution is -2.22. The summed E-state index contributed by atoms with van der Waals surface area (Å²) in [5, 5.41) is 0. The molecule has 0 spiro atoms. The molecule has 0 heterocycles. The molecule has 1 heteroatoms. The smallest absolute Gasteiger partial charge is 0.0828 e. The minimum Gasteiger partial charge on any atom is -0.374 e. The number of hydrogen-bond acceptors (Lipinski definition) is 1. The maximum absolute atomic E-state index is 5.30. The summed E-state index contributed by atoms with van der Waals surface area (Å²) in [6.07, 6.45) is 6.39. The molecule has 60 valence electrons. The van der Waals surface area contributed by atoms with Gasteiger partial charge >= 0.3 is 0 Å². The van der Waals surface area contributed by atoms with Crippen molar-refractivity contribution in [3.63, 3.8) is 0 Å². The van der Waals surface area contributed by atoms with Crippen molar-refractivity contribution >= 4 is 0 Å². The Morgan fingerprint density at radius 3 is 2.30 bits per heavy atom. The van der Waals surface area contributed by atoms with E-state index in [1.54, 1.807) is 7.11 Å². The average molecular weight is 142 g/mol. The maximum Gasteiger partial charge on any atom is 0.0828 e. The molecule has 0 aromatic carbocycles. The second kappa shape index (κ2) is 4.51. The Kier molecular flexibility index (Phi) is 4.37. The molecule has 0 aliphatic rings. The Labute approximate surface area is 64.1 Å². The fourth-order valence-electron chi connectivity index (χ4n) is 0.697. The van der Waals surface area contributed by atoms with Crippen molar-refractivity contribution in [1.82, 2.24) is 0 Å². The van der Waals surface area contributed by atoms with Gasteiger partial charge in [-0.15, -0.1) is 0 Å². The number of rotatable bonds is 4. The van der Waals surface area contributed by atoms with E-state index in [0.717, 1.165) is 12.8 Å². The number of methoxy groups -OCH3 is 1. The van der Waals surface area contributed by atoms with Crippen LogP contribution in [0.3, 0.4) is 0 Å². The van der Waals surface area contributed by atoms with Crippen molar-refractivity contribution < 1.29 is 4.74 Å². The van der Waals surface area contributed by atoms with E-state index in [1.807, 2.05) is 0 Å². The largest absolute Gasteiger partial charge is 0.374 e. The van der Waals surface area contributed by atoms with E-state index >= 15 is 0 Å². The molecule has 0 aromatic heterocycles. The lowest BCUT2D eigenvalue weighted by atomic mass is 10.0. The number of allylic oxidation sites excluding steroid dienone is 1. The highest BCUT2D eigenvalue weighted by atomic mass is 16.5. The standard InChI is InChI=1S/C9H18O/c1-5-7-8-9(3,6-2)10-4/h7-8H,5-6H2,1-4H3/b8-7+. The summed E-state index contributed by atoms with van der Waals surface area (Å²) in [4.78, 5) is 0. The summed E-state index contributed by atoms with van der Waals surface area (Å²) < 4.78 is 5.30. The van der Waals surface area contributed by atoms with E-state index < -0.39 is 0 Å². The van der Waals surface area contributed by atoms with Gasteiger partial charge in [0.15, 0.2) is 0 Å². The van der Waals surface area contributed by atoms with Crippen molar-refractivity contribution in [2.75, 3.05) is 7.11 Å². The van der Waals surface area contributed by atoms with Crippen LogP contribution < -0.4 is 0 Å². The Bertz CT molecular complexity index is 101. The molecule has 10 heavy (non-hydrogen) atoms. The van der Waals surface area contributed by atoms with Crippen LogP contribution in [-0.2, 0) is 4.74 Å². The fraction of sp³-hybridized carbons (Fsp3) is 0.778. The molecule has 0 saturated heterocycles. The summed E-state index contributed by atoms with van der Waals surface area (Å²) in [6, 6.07) is 0. The number of hydrogen-bond donors (Lipinski definition) is 0. The Morgan fingerprint density at radius 1 is 1.40 bits per heavy atom. The summed E-state index contributed by atoms with van der Waals surface area (Å²) in [5.74, 6) is 0. The Balaban J connectivity index is 3.92. The molecule has 0 bridgehead atoms. The first kappa shape index (κ1) is 9.70. The molecule has 0 saturated carbocycles. The zero-order chi connectivity index (χ0) is 8.04. The van der Waals surface area contributed by atoms with Crippen molar-refractivity contribution in [1.29, 1.82) is 0 Å². The first-order chi connectivity index (χ1) is 4.68. The molecule has 1 nitrogen and oxygen atoms in total. The van der Waals surface area contributed by atoms with Gasteiger partial charge in [0.25, 0.3) is 0 Å². The third-order valence-electron chi connectivity index (χ3n) is 1.87. The SMILES string of the molecule is CC/C=C/C(C)(CC)OC. The van der Waals surface area contributed by atoms with Crippen LogP contribution in [0.25, 0.3) is 0 Å². The van der Waals surface area contributed by atoms with Crippen LogP contribution in [0.15, 0.2) is 12.2 Å². The fourth-order valence-corrected chi connectivity index (χ4v) is 0.697. The minimum atomic E-state index is -0.0456. The molecular formula is C9H18O. The molecule has 0 rings (SSSR count). The van der Waals surface area contributed by atoms with Gasteiger partial charge in [0.2, 0.25) is 0 Å². The summed E-state index contributed by atoms with van der Waals surface area (Å²) >= 11 is 0. The molecule has 1 unspecified atom stereocenters. The molecule has 0 aromatic rings. The first-order valence-electron chi connectivity index (χ1n) is 3.91. The molecule has 0 radical (unpaired) electrons. The zero-order valence-corrected chi connectivity index (χ0v) is 7.48. The van der Waals surface area contributed by atoms with E-state index in [1.165, 1.54) is 0 Å². The molecule has 0 aliphatic carbocycles. The number of ether oxygens (including phenoxy) is 1. The van der Waals surface area contributed by atoms with Crippen LogP contribution in [0.4, 0.5) is 0 Å². The van der Waals surface area contributed by atoms with Gasteiger partial charge in [0.1, 0.15) is 0 Å². The first-order valence-corrected chi connectivity index (χ1v) is 3.91. The van der Waals surface area contributed by atoms with E-state index in [0.29, 0.717) is 0 Å². The van der Waals surface area contributed by atoms with Gasteiger partial charge in [-0.3, -0.25) is 0 Å². The van der Waals surface area contributed by atoms with Crippen LogP contribution >= 0.6 is 0 Å². The van der Waals surface area contributed by atoms with Gasteiger partial charge in [0, 0.05) is 7.11 Å². The van der Waals surface area contributed by atoms with Gasteiger partial charge in [-0.05, 0) is 19.8 Å². The van der Waals surface area contributed by atoms with Gasteiger partial charge in [-0.2, -0.15) is 0 Å². The average Bonchev–Trinajstić information content (AvgIpc) is 2.00. The van der Waals surface area contributed by atoms with Crippen molar-refractivity contribution in [3.05, 3.63) is 12.2 Å². The Hall–Kier alpha value is -0.300. The highest BCUT2D eigenvalue weighted by molar-refractivity contribution is 4.97. The predicted molar refractivity (Wildman–Crippen MR) is 45.1 cm³/mol. The lowest BCUT2D eigenvalue weighted by molar-refractivity contribution is 0.0454. The van der Waals surface area contributed by atoms with Gasteiger partial charge in [-0.1, -0.05) is 26.0 Å². The topological polar surface area (TPSA) is 9.23 Å². The van der Waals surface area contributed by atoms with E-state index in [9.17, 15) is 0 Å². The van der Waals surface area contributed by atoms with Crippen LogP contribution in [0.5, 0.6) is 0 Å². The maximum atomic E-state index is 5.30. The van der Waals surface area contributed by atoms with Gasteiger partial charge in [-0.25, -0.2) is 0 Å². The molecule has 0 N–H and O–H groups in total. The molecule has 0 amide bonds. The second-order valence-corrected chi connectivity index (χ2v) is 2.68. The Morgan fingerprint density at radius 2 is 2.00 bits per heavy atom. The monoisotopic (exact) mass is 142 g/mol. The predicted octanol–water partition coefficient (Wildman–Crippen LogP) is 2.77. The second-order valence-electron chi connectivity index (χ2n) is 2.68. The third-order valence-corrected chi connectivity index (χ3v) is 1.87. The van der Waals surface area contributed by atoms with Crippen LogP contribution in [-0.4, -0.2) is 12.7 Å². The normalized spacial score (nSPS) is 17.6. The van der Waals surface area contributed by atoms with Gasteiger partial charge in [0.05, 0.1) is 5.60 Å².